The van der Waals surface area contributed by atoms with Crippen molar-refractivity contribution in [2.45, 2.75) is 6.04 Å². The second-order valence-electron chi connectivity index (χ2n) is 1.14. The van der Waals surface area contributed by atoms with Gasteiger partial charge >= 0.3 is 58.2 Å². The third kappa shape index (κ3) is 5.72. The van der Waals surface area contributed by atoms with Crippen LogP contribution in [-0.2, 0) is 4.79 Å². The maximum atomic E-state index is 9.92. The maximum Gasteiger partial charge on any atom is 1.00 e. The van der Waals surface area contributed by atoms with Crippen LogP contribution in [0.25, 0.3) is 5.73 Å². The first-order valence-corrected chi connectivity index (χ1v) is 2.43. The largest absolute Gasteiger partial charge is 1.00 e. The smallest absolute Gasteiger partial charge is 0.666 e. The minimum atomic E-state index is -0.844. The van der Waals surface area contributed by atoms with E-state index in [1.165, 1.54) is 0 Å². The molecule has 8 heavy (non-hydrogen) atoms. The molecule has 0 aromatic carbocycles. The van der Waals surface area contributed by atoms with Crippen LogP contribution >= 0.6 is 12.6 Å². The molecule has 0 aromatic rings. The van der Waals surface area contributed by atoms with E-state index in [-0.39, 0.29) is 63.9 Å². The first-order valence-electron chi connectivity index (χ1n) is 1.79. The molecule has 42 valence electrons. The van der Waals surface area contributed by atoms with Crippen LogP contribution in [0, 0.1) is 0 Å². The molecule has 0 bridgehead atoms. The summed E-state index contributed by atoms with van der Waals surface area (Å²) in [7, 11) is 0. The molecule has 0 aliphatic heterocycles. The van der Waals surface area contributed by atoms with E-state index in [0.29, 0.717) is 0 Å². The van der Waals surface area contributed by atoms with Gasteiger partial charge in [-0.15, -0.1) is 0 Å². The third-order valence-electron chi connectivity index (χ3n) is 0.526. The quantitative estimate of drug-likeness (QED) is 0.458. The molecule has 0 spiro atoms. The first-order chi connectivity index (χ1) is 3.18. The predicted octanol–water partition coefficient (Wildman–Crippen LogP) is -3.17. The molecule has 0 aliphatic carbocycles. The summed E-state index contributed by atoms with van der Waals surface area (Å²) in [5, 5.41) is 0. The topological polar surface area (TPSA) is 66.9 Å². The number of amides is 1. The number of nitrogens with two attached hydrogens (primary N) is 1. The Bertz CT molecular complexity index is 79.7. The molecule has 3 N–H and O–H groups in total. The van der Waals surface area contributed by atoms with Crippen LogP contribution in [-0.4, -0.2) is 17.7 Å². The Morgan fingerprint density at radius 1 is 1.88 bits per heavy atom. The van der Waals surface area contributed by atoms with E-state index in [1.807, 2.05) is 0 Å². The molecular formula is C3H7N2ORbS. The number of thiol groups is 1. The normalized spacial score (nSPS) is 11.8. The second-order valence-corrected chi connectivity index (χ2v) is 1.50. The van der Waals surface area contributed by atoms with Gasteiger partial charge in [-0.25, -0.2) is 0 Å². The minimum absolute atomic E-state index is 0. The summed E-state index contributed by atoms with van der Waals surface area (Å²) < 4.78 is 0. The van der Waals surface area contributed by atoms with Crippen molar-refractivity contribution < 1.29 is 63.0 Å². The van der Waals surface area contributed by atoms with Crippen LogP contribution in [0.4, 0.5) is 0 Å². The number of carbonyl (C=O) groups excluding carboxylic acids is 1. The number of hydrogen-bond donors (Lipinski definition) is 2. The Kier molecular flexibility index (Phi) is 10.3. The standard InChI is InChI=1S/C3H7N2OS.Rb/c4-2(1-7)3(5)6;/h2,4,7H,1H2,(H2,5,6);/q-1;+1/t2-;/m0./s1. The maximum absolute atomic E-state index is 9.92. The Hall–Kier alpha value is 1.59. The molecular weight excluding hydrogens is 198 g/mol. The van der Waals surface area contributed by atoms with E-state index < -0.39 is 11.9 Å². The average molecular weight is 205 g/mol. The summed E-state index contributed by atoms with van der Waals surface area (Å²) in [5.74, 6) is -0.412. The van der Waals surface area contributed by atoms with Crippen molar-refractivity contribution in [2.75, 3.05) is 5.75 Å². The summed E-state index contributed by atoms with van der Waals surface area (Å²) in [6.07, 6.45) is 0. The van der Waals surface area contributed by atoms with Gasteiger partial charge in [0.2, 0.25) is 0 Å². The van der Waals surface area contributed by atoms with Gasteiger partial charge in [0.25, 0.3) is 0 Å². The molecule has 1 amide bonds. The zero-order valence-corrected chi connectivity index (χ0v) is 10.5. The van der Waals surface area contributed by atoms with Crippen LogP contribution in [0.1, 0.15) is 0 Å². The van der Waals surface area contributed by atoms with Gasteiger partial charge < -0.3 is 11.5 Å². The molecule has 0 rings (SSSR count). The van der Waals surface area contributed by atoms with Crippen LogP contribution in [0.5, 0.6) is 0 Å². The van der Waals surface area contributed by atoms with Crippen molar-refractivity contribution in [1.82, 2.24) is 0 Å². The zero-order valence-electron chi connectivity index (χ0n) is 4.72. The molecule has 0 radical (unpaired) electrons. The third-order valence-corrected chi connectivity index (χ3v) is 0.891. The Balaban J connectivity index is 0. The van der Waals surface area contributed by atoms with Gasteiger partial charge in [-0.2, -0.15) is 12.6 Å². The summed E-state index contributed by atoms with van der Waals surface area (Å²) in [6, 6.07) is -0.844. The summed E-state index contributed by atoms with van der Waals surface area (Å²) in [6.45, 7) is 0. The fourth-order valence-corrected chi connectivity index (χ4v) is 0.270. The van der Waals surface area contributed by atoms with Crippen molar-refractivity contribution in [3.63, 3.8) is 0 Å². The van der Waals surface area contributed by atoms with Crippen LogP contribution in [0.2, 0.25) is 0 Å². The molecule has 0 saturated carbocycles. The van der Waals surface area contributed by atoms with Crippen molar-refractivity contribution in [3.05, 3.63) is 5.73 Å². The van der Waals surface area contributed by atoms with Gasteiger partial charge in [-0.1, -0.05) is 0 Å². The van der Waals surface area contributed by atoms with E-state index in [0.717, 1.165) is 0 Å². The van der Waals surface area contributed by atoms with E-state index >= 15 is 0 Å². The number of carbonyl (C=O) groups is 1. The Morgan fingerprint density at radius 3 is 2.25 bits per heavy atom. The summed E-state index contributed by atoms with van der Waals surface area (Å²) in [5.41, 5.74) is 11.4. The molecule has 0 unspecified atom stereocenters. The van der Waals surface area contributed by atoms with Crippen molar-refractivity contribution in [1.29, 1.82) is 0 Å². The molecule has 0 saturated heterocycles. The fourth-order valence-electron chi connectivity index (χ4n) is 0.0900. The summed E-state index contributed by atoms with van der Waals surface area (Å²) in [4.78, 5) is 9.92. The van der Waals surface area contributed by atoms with Crippen molar-refractivity contribution >= 4 is 18.5 Å². The van der Waals surface area contributed by atoms with E-state index in [2.05, 4.69) is 18.4 Å². The monoisotopic (exact) mass is 204 g/mol. The van der Waals surface area contributed by atoms with E-state index in [1.54, 1.807) is 0 Å². The van der Waals surface area contributed by atoms with Gasteiger partial charge in [0.15, 0.2) is 5.91 Å². The average Bonchev–Trinajstić information content (AvgIpc) is 1.65. The molecule has 1 atom stereocenters. The second kappa shape index (κ2) is 6.70. The van der Waals surface area contributed by atoms with Crippen LogP contribution in [0.3, 0.4) is 0 Å². The molecule has 0 heterocycles. The predicted molar refractivity (Wildman–Crippen MR) is 31.2 cm³/mol. The number of hydrogen-bond acceptors (Lipinski definition) is 2. The van der Waals surface area contributed by atoms with Crippen molar-refractivity contribution in [2.24, 2.45) is 5.73 Å². The SMILES string of the molecule is [NH-][C@@H](CS)C(N)=O.[Rb+]. The van der Waals surface area contributed by atoms with Gasteiger partial charge in [0.1, 0.15) is 0 Å². The zero-order chi connectivity index (χ0) is 5.86. The fraction of sp³-hybridized carbons (Fsp3) is 0.667. The molecule has 5 heteroatoms. The minimum Gasteiger partial charge on any atom is -0.666 e. The molecule has 0 aliphatic rings. The Morgan fingerprint density at radius 2 is 2.25 bits per heavy atom. The number of rotatable bonds is 2. The van der Waals surface area contributed by atoms with Crippen LogP contribution in [0.15, 0.2) is 0 Å². The van der Waals surface area contributed by atoms with Crippen molar-refractivity contribution in [3.8, 4) is 0 Å². The summed E-state index contributed by atoms with van der Waals surface area (Å²) >= 11 is 3.67. The number of nitrogens with one attached hydrogen (secondary N) is 1. The molecule has 0 aromatic heterocycles. The number of primary amides is 1. The Labute approximate surface area is 103 Å². The van der Waals surface area contributed by atoms with Gasteiger partial charge in [-0.05, 0) is 11.8 Å². The van der Waals surface area contributed by atoms with Gasteiger partial charge in [-0.3, -0.25) is 4.79 Å². The van der Waals surface area contributed by atoms with E-state index in [4.69, 9.17) is 5.73 Å². The molecule has 3 nitrogen and oxygen atoms in total. The van der Waals surface area contributed by atoms with Gasteiger partial charge in [0.05, 0.1) is 0 Å². The van der Waals surface area contributed by atoms with Gasteiger partial charge in [0, 0.05) is 0 Å². The van der Waals surface area contributed by atoms with Crippen LogP contribution < -0.4 is 63.9 Å². The first kappa shape index (κ1) is 12.3. The van der Waals surface area contributed by atoms with E-state index in [9.17, 15) is 4.79 Å². The molecule has 0 fully saturated rings.